The average Bonchev–Trinajstić information content (AvgIpc) is 2.53. The number of nitriles is 1. The summed E-state index contributed by atoms with van der Waals surface area (Å²) in [7, 11) is -4.09. The van der Waals surface area contributed by atoms with Gasteiger partial charge in [0.15, 0.2) is 0 Å². The van der Waals surface area contributed by atoms with Crippen molar-refractivity contribution in [2.75, 3.05) is 0 Å². The standard InChI is InChI=1S/C15H9FN2O4S/c16-12-3-7-14(8-4-12)23(21,22)15(10-17)9-11-1-5-13(6-2-11)18(19)20/h1-9H. The first-order valence-corrected chi connectivity index (χ1v) is 7.70. The van der Waals surface area contributed by atoms with Crippen LogP contribution in [0.2, 0.25) is 0 Å². The molecule has 0 bridgehead atoms. The molecule has 116 valence electrons. The molecule has 0 aliphatic carbocycles. The molecule has 0 fully saturated rings. The summed E-state index contributed by atoms with van der Waals surface area (Å²) in [6.07, 6.45) is 1.10. The summed E-state index contributed by atoms with van der Waals surface area (Å²) in [6.45, 7) is 0. The molecular weight excluding hydrogens is 323 g/mol. The van der Waals surface area contributed by atoms with E-state index in [1.54, 1.807) is 6.07 Å². The lowest BCUT2D eigenvalue weighted by molar-refractivity contribution is -0.384. The van der Waals surface area contributed by atoms with Gasteiger partial charge in [-0.2, -0.15) is 5.26 Å². The zero-order chi connectivity index (χ0) is 17.0. The second kappa shape index (κ2) is 6.37. The van der Waals surface area contributed by atoms with E-state index in [2.05, 4.69) is 0 Å². The Hall–Kier alpha value is -3.05. The molecule has 2 rings (SSSR count). The van der Waals surface area contributed by atoms with E-state index in [4.69, 9.17) is 5.26 Å². The smallest absolute Gasteiger partial charge is 0.258 e. The van der Waals surface area contributed by atoms with Crippen molar-refractivity contribution in [2.24, 2.45) is 0 Å². The van der Waals surface area contributed by atoms with Crippen molar-refractivity contribution in [3.63, 3.8) is 0 Å². The number of benzene rings is 2. The van der Waals surface area contributed by atoms with Crippen molar-refractivity contribution in [1.29, 1.82) is 5.26 Å². The van der Waals surface area contributed by atoms with Gasteiger partial charge < -0.3 is 0 Å². The number of nitro groups is 1. The van der Waals surface area contributed by atoms with Gasteiger partial charge >= 0.3 is 0 Å². The van der Waals surface area contributed by atoms with Crippen LogP contribution in [0.3, 0.4) is 0 Å². The van der Waals surface area contributed by atoms with Crippen molar-refractivity contribution in [3.8, 4) is 6.07 Å². The first kappa shape index (κ1) is 16.3. The van der Waals surface area contributed by atoms with Crippen molar-refractivity contribution in [2.45, 2.75) is 4.90 Å². The van der Waals surface area contributed by atoms with Crippen LogP contribution in [0.1, 0.15) is 5.56 Å². The Kier molecular flexibility index (Phi) is 4.52. The van der Waals surface area contributed by atoms with Crippen LogP contribution in [0.15, 0.2) is 58.3 Å². The summed E-state index contributed by atoms with van der Waals surface area (Å²) in [5.41, 5.74) is 0.167. The molecule has 0 unspecified atom stereocenters. The summed E-state index contributed by atoms with van der Waals surface area (Å²) >= 11 is 0. The van der Waals surface area contributed by atoms with Gasteiger partial charge in [-0.05, 0) is 48.0 Å². The van der Waals surface area contributed by atoms with Gasteiger partial charge in [-0.25, -0.2) is 12.8 Å². The number of non-ortho nitro benzene ring substituents is 1. The number of hydrogen-bond acceptors (Lipinski definition) is 5. The molecule has 0 N–H and O–H groups in total. The molecular formula is C15H9FN2O4S. The Bertz CT molecular complexity index is 911. The minimum Gasteiger partial charge on any atom is -0.258 e. The normalized spacial score (nSPS) is 11.7. The van der Waals surface area contributed by atoms with E-state index in [0.717, 1.165) is 30.3 Å². The Morgan fingerprint density at radius 3 is 2.17 bits per heavy atom. The fourth-order valence-electron chi connectivity index (χ4n) is 1.75. The first-order chi connectivity index (χ1) is 10.8. The topological polar surface area (TPSA) is 101 Å². The zero-order valence-electron chi connectivity index (χ0n) is 11.5. The second-order valence-electron chi connectivity index (χ2n) is 4.43. The second-order valence-corrected chi connectivity index (χ2v) is 6.34. The number of rotatable bonds is 4. The van der Waals surface area contributed by atoms with E-state index in [9.17, 15) is 22.9 Å². The lowest BCUT2D eigenvalue weighted by atomic mass is 10.2. The molecule has 0 saturated carbocycles. The highest BCUT2D eigenvalue weighted by atomic mass is 32.2. The quantitative estimate of drug-likeness (QED) is 0.370. The molecule has 0 aliphatic rings. The molecule has 0 heterocycles. The van der Waals surface area contributed by atoms with Gasteiger partial charge in [0.05, 0.1) is 9.82 Å². The number of halogens is 1. The Labute approximate surface area is 131 Å². The fourth-order valence-corrected chi connectivity index (χ4v) is 2.91. The number of allylic oxidation sites excluding steroid dienone is 1. The van der Waals surface area contributed by atoms with Crippen LogP contribution in [0.25, 0.3) is 6.08 Å². The van der Waals surface area contributed by atoms with Crippen LogP contribution in [-0.4, -0.2) is 13.3 Å². The highest BCUT2D eigenvalue weighted by Gasteiger charge is 2.20. The Morgan fingerprint density at radius 1 is 1.13 bits per heavy atom. The molecule has 2 aromatic rings. The monoisotopic (exact) mass is 332 g/mol. The molecule has 0 aliphatic heterocycles. The SMILES string of the molecule is N#CC(=Cc1ccc([N+](=O)[O-])cc1)S(=O)(=O)c1ccc(F)cc1. The third-order valence-corrected chi connectivity index (χ3v) is 4.61. The lowest BCUT2D eigenvalue weighted by Crippen LogP contribution is -2.03. The third-order valence-electron chi connectivity index (χ3n) is 2.93. The number of hydrogen-bond donors (Lipinski definition) is 0. The number of nitrogens with zero attached hydrogens (tertiary/aromatic N) is 2. The first-order valence-electron chi connectivity index (χ1n) is 6.21. The highest BCUT2D eigenvalue weighted by molar-refractivity contribution is 7.95. The molecule has 0 amide bonds. The summed E-state index contributed by atoms with van der Waals surface area (Å²) in [5.74, 6) is -0.596. The summed E-state index contributed by atoms with van der Waals surface area (Å²) in [6, 6.07) is 10.7. The van der Waals surface area contributed by atoms with E-state index >= 15 is 0 Å². The van der Waals surface area contributed by atoms with Crippen LogP contribution >= 0.6 is 0 Å². The molecule has 0 spiro atoms. The van der Waals surface area contributed by atoms with Crippen LogP contribution < -0.4 is 0 Å². The Balaban J connectivity index is 2.44. The van der Waals surface area contributed by atoms with Gasteiger partial charge in [0.1, 0.15) is 16.8 Å². The van der Waals surface area contributed by atoms with Crippen LogP contribution in [-0.2, 0) is 9.84 Å². The van der Waals surface area contributed by atoms with Gasteiger partial charge in [0, 0.05) is 12.1 Å². The summed E-state index contributed by atoms with van der Waals surface area (Å²) in [5, 5.41) is 19.7. The van der Waals surface area contributed by atoms with Gasteiger partial charge in [0.2, 0.25) is 9.84 Å². The summed E-state index contributed by atoms with van der Waals surface area (Å²) < 4.78 is 37.5. The number of nitro benzene ring substituents is 1. The molecule has 2 aromatic carbocycles. The molecule has 6 nitrogen and oxygen atoms in total. The molecule has 8 heteroatoms. The van der Waals surface area contributed by atoms with E-state index in [0.29, 0.717) is 5.56 Å². The van der Waals surface area contributed by atoms with Gasteiger partial charge in [0.25, 0.3) is 5.69 Å². The van der Waals surface area contributed by atoms with Crippen molar-refractivity contribution >= 4 is 21.6 Å². The maximum atomic E-state index is 12.9. The molecule has 0 aromatic heterocycles. The maximum absolute atomic E-state index is 12.9. The molecule has 0 atom stereocenters. The predicted molar refractivity (Wildman–Crippen MR) is 80.3 cm³/mol. The van der Waals surface area contributed by atoms with E-state index in [1.165, 1.54) is 24.3 Å². The zero-order valence-corrected chi connectivity index (χ0v) is 12.3. The third kappa shape index (κ3) is 3.59. The van der Waals surface area contributed by atoms with Crippen LogP contribution in [0.4, 0.5) is 10.1 Å². The van der Waals surface area contributed by atoms with E-state index in [1.807, 2.05) is 0 Å². The maximum Gasteiger partial charge on any atom is 0.269 e. The van der Waals surface area contributed by atoms with Gasteiger partial charge in [-0.15, -0.1) is 0 Å². The van der Waals surface area contributed by atoms with Gasteiger partial charge in [-0.3, -0.25) is 10.1 Å². The fraction of sp³-hybridized carbons (Fsp3) is 0. The van der Waals surface area contributed by atoms with Crippen molar-refractivity contribution < 1.29 is 17.7 Å². The van der Waals surface area contributed by atoms with Gasteiger partial charge in [-0.1, -0.05) is 0 Å². The number of sulfone groups is 1. The minimum absolute atomic E-state index is 0.151. The average molecular weight is 332 g/mol. The van der Waals surface area contributed by atoms with Crippen molar-refractivity contribution in [3.05, 3.63) is 74.9 Å². The predicted octanol–water partition coefficient (Wildman–Crippen LogP) is 3.07. The molecule has 0 saturated heterocycles. The highest BCUT2D eigenvalue weighted by Crippen LogP contribution is 2.22. The minimum atomic E-state index is -4.09. The van der Waals surface area contributed by atoms with E-state index in [-0.39, 0.29) is 10.6 Å². The summed E-state index contributed by atoms with van der Waals surface area (Å²) in [4.78, 5) is 9.23. The Morgan fingerprint density at radius 2 is 1.70 bits per heavy atom. The lowest BCUT2D eigenvalue weighted by Gasteiger charge is -2.03. The molecule has 23 heavy (non-hydrogen) atoms. The van der Waals surface area contributed by atoms with Crippen LogP contribution in [0.5, 0.6) is 0 Å². The largest absolute Gasteiger partial charge is 0.269 e. The van der Waals surface area contributed by atoms with E-state index < -0.39 is 25.5 Å². The van der Waals surface area contributed by atoms with Crippen molar-refractivity contribution in [1.82, 2.24) is 0 Å². The van der Waals surface area contributed by atoms with Crippen LogP contribution in [0, 0.1) is 27.3 Å². The molecule has 0 radical (unpaired) electrons.